The molecule has 0 amide bonds. The third-order valence-electron chi connectivity index (χ3n) is 5.01. The Morgan fingerprint density at radius 3 is 2.68 bits per heavy atom. The van der Waals surface area contributed by atoms with E-state index in [0.717, 1.165) is 24.0 Å². The van der Waals surface area contributed by atoms with Crippen LogP contribution in [-0.2, 0) is 19.0 Å². The number of methoxy groups -OCH3 is 2. The summed E-state index contributed by atoms with van der Waals surface area (Å²) in [4.78, 5) is 14.8. The van der Waals surface area contributed by atoms with Gasteiger partial charge in [0.05, 0.1) is 34.9 Å². The molecule has 5 nitrogen and oxygen atoms in total. The minimum absolute atomic E-state index is 0.121. The number of hydrogen-bond donors (Lipinski definition) is 0. The summed E-state index contributed by atoms with van der Waals surface area (Å²) in [6.07, 6.45) is 1.43. The Hall–Kier alpha value is -1.11. The van der Waals surface area contributed by atoms with E-state index in [0.29, 0.717) is 15.6 Å². The first-order valence-corrected chi connectivity index (χ1v) is 8.82. The number of halogens is 2. The van der Waals surface area contributed by atoms with Crippen LogP contribution in [0.2, 0.25) is 10.0 Å². The molecule has 7 heteroatoms. The fraction of sp³-hybridized carbons (Fsp3) is 0.500. The Balaban J connectivity index is 2.07. The van der Waals surface area contributed by atoms with Crippen molar-refractivity contribution < 1.29 is 19.0 Å². The zero-order chi connectivity index (χ0) is 18.1. The highest BCUT2D eigenvalue weighted by Gasteiger charge is 2.49. The van der Waals surface area contributed by atoms with Gasteiger partial charge in [-0.1, -0.05) is 29.3 Å². The molecular weight excluding hydrogens is 365 g/mol. The number of benzene rings is 1. The summed E-state index contributed by atoms with van der Waals surface area (Å²) in [5, 5.41) is 0.956. The topological polar surface area (TPSA) is 48.0 Å². The number of ether oxygens (including phenoxy) is 3. The van der Waals surface area contributed by atoms with Gasteiger partial charge >= 0.3 is 5.97 Å². The maximum Gasteiger partial charge on any atom is 0.335 e. The van der Waals surface area contributed by atoms with Gasteiger partial charge in [0, 0.05) is 13.2 Å². The molecule has 2 aliphatic heterocycles. The van der Waals surface area contributed by atoms with E-state index in [4.69, 9.17) is 37.4 Å². The molecule has 3 rings (SSSR count). The van der Waals surface area contributed by atoms with Crippen molar-refractivity contribution in [1.82, 2.24) is 4.90 Å². The molecule has 25 heavy (non-hydrogen) atoms. The van der Waals surface area contributed by atoms with Crippen molar-refractivity contribution in [3.05, 3.63) is 39.4 Å². The standard InChI is InChI=1S/C18H21Cl2NO4/c1-21-11-7-12(10-4-5-13(19)14(20)6-10)16(18(22)24-3)17(21)15(8-11)25-9-23-2/h4-6,11,15,17H,7-9H2,1-3H3/t11-,15-,17-/m0/s1. The Bertz CT molecular complexity index is 706. The number of hydrogen-bond acceptors (Lipinski definition) is 5. The number of nitrogens with zero attached hydrogens (tertiary/aromatic N) is 1. The number of esters is 1. The molecule has 3 atom stereocenters. The van der Waals surface area contributed by atoms with Gasteiger partial charge in [-0.2, -0.15) is 0 Å². The van der Waals surface area contributed by atoms with E-state index < -0.39 is 0 Å². The molecule has 0 radical (unpaired) electrons. The molecule has 1 aromatic carbocycles. The lowest BCUT2D eigenvalue weighted by molar-refractivity contribution is -0.138. The van der Waals surface area contributed by atoms with Crippen LogP contribution in [0.15, 0.2) is 23.8 Å². The first-order valence-electron chi connectivity index (χ1n) is 8.07. The second kappa shape index (κ2) is 7.64. The molecular formula is C18H21Cl2NO4. The van der Waals surface area contributed by atoms with Gasteiger partial charge in [-0.25, -0.2) is 4.79 Å². The predicted octanol–water partition coefficient (Wildman–Crippen LogP) is 3.39. The van der Waals surface area contributed by atoms with Crippen molar-refractivity contribution in [3.63, 3.8) is 0 Å². The van der Waals surface area contributed by atoms with Crippen LogP contribution in [-0.4, -0.2) is 57.1 Å². The predicted molar refractivity (Wildman–Crippen MR) is 96.7 cm³/mol. The lowest BCUT2D eigenvalue weighted by Gasteiger charge is -2.35. The number of carbonyl (C=O) groups excluding carboxylic acids is 1. The first kappa shape index (κ1) is 18.7. The van der Waals surface area contributed by atoms with Crippen LogP contribution in [0.1, 0.15) is 18.4 Å². The van der Waals surface area contributed by atoms with E-state index in [1.165, 1.54) is 7.11 Å². The SMILES string of the molecule is COCO[C@H]1C[C@@H]2CC(c3ccc(Cl)c(Cl)c3)=C(C(=O)OC)[C@H]1N2C. The summed E-state index contributed by atoms with van der Waals surface area (Å²) in [7, 11) is 5.00. The van der Waals surface area contributed by atoms with Gasteiger partial charge < -0.3 is 14.2 Å². The fourth-order valence-corrected chi connectivity index (χ4v) is 4.12. The van der Waals surface area contributed by atoms with Crippen molar-refractivity contribution in [2.24, 2.45) is 0 Å². The van der Waals surface area contributed by atoms with Crippen LogP contribution in [0, 0.1) is 0 Å². The summed E-state index contributed by atoms with van der Waals surface area (Å²) < 4.78 is 16.0. The highest BCUT2D eigenvalue weighted by molar-refractivity contribution is 6.42. The number of rotatable bonds is 5. The lowest BCUT2D eigenvalue weighted by atomic mass is 9.88. The van der Waals surface area contributed by atoms with Gasteiger partial charge in [-0.15, -0.1) is 0 Å². The van der Waals surface area contributed by atoms with Crippen molar-refractivity contribution in [2.75, 3.05) is 28.1 Å². The van der Waals surface area contributed by atoms with Crippen LogP contribution in [0.25, 0.3) is 5.57 Å². The average molecular weight is 386 g/mol. The highest BCUT2D eigenvalue weighted by atomic mass is 35.5. The summed E-state index contributed by atoms with van der Waals surface area (Å²) in [5.41, 5.74) is 2.46. The second-order valence-corrected chi connectivity index (χ2v) is 7.14. The monoisotopic (exact) mass is 385 g/mol. The first-order chi connectivity index (χ1) is 12.0. The normalized spacial score (nSPS) is 26.2. The van der Waals surface area contributed by atoms with Crippen LogP contribution in [0.4, 0.5) is 0 Å². The van der Waals surface area contributed by atoms with Crippen LogP contribution >= 0.6 is 23.2 Å². The average Bonchev–Trinajstić information content (AvgIpc) is 2.80. The Kier molecular flexibility index (Phi) is 5.71. The summed E-state index contributed by atoms with van der Waals surface area (Å²) in [5.74, 6) is -0.343. The van der Waals surface area contributed by atoms with E-state index in [1.54, 1.807) is 19.2 Å². The van der Waals surface area contributed by atoms with Crippen molar-refractivity contribution in [2.45, 2.75) is 31.0 Å². The molecule has 0 N–H and O–H groups in total. The zero-order valence-corrected chi connectivity index (χ0v) is 15.9. The Labute approximate surface area is 157 Å². The molecule has 2 aliphatic rings. The van der Waals surface area contributed by atoms with Gasteiger partial charge in [-0.05, 0) is 43.2 Å². The van der Waals surface area contributed by atoms with E-state index in [9.17, 15) is 4.79 Å². The molecule has 1 saturated heterocycles. The minimum Gasteiger partial charge on any atom is -0.466 e. The third kappa shape index (κ3) is 3.44. The van der Waals surface area contributed by atoms with E-state index >= 15 is 0 Å². The number of fused-ring (bicyclic) bond motifs is 2. The molecule has 1 fully saturated rings. The van der Waals surface area contributed by atoms with E-state index in [1.807, 2.05) is 13.1 Å². The zero-order valence-electron chi connectivity index (χ0n) is 14.4. The molecule has 2 heterocycles. The second-order valence-electron chi connectivity index (χ2n) is 6.33. The smallest absolute Gasteiger partial charge is 0.335 e. The van der Waals surface area contributed by atoms with Crippen LogP contribution < -0.4 is 0 Å². The molecule has 0 spiro atoms. The summed E-state index contributed by atoms with van der Waals surface area (Å²) in [6.45, 7) is 0.193. The molecule has 0 aliphatic carbocycles. The number of carbonyl (C=O) groups is 1. The molecule has 0 saturated carbocycles. The Morgan fingerprint density at radius 1 is 1.28 bits per heavy atom. The molecule has 136 valence electrons. The van der Waals surface area contributed by atoms with Crippen molar-refractivity contribution >= 4 is 34.7 Å². The maximum absolute atomic E-state index is 12.6. The quantitative estimate of drug-likeness (QED) is 0.574. The molecule has 0 unspecified atom stereocenters. The highest BCUT2D eigenvalue weighted by Crippen LogP contribution is 2.44. The largest absolute Gasteiger partial charge is 0.466 e. The third-order valence-corrected chi connectivity index (χ3v) is 5.74. The summed E-state index contributed by atoms with van der Waals surface area (Å²) in [6, 6.07) is 5.55. The van der Waals surface area contributed by atoms with Gasteiger partial charge in [0.1, 0.15) is 6.79 Å². The van der Waals surface area contributed by atoms with E-state index in [-0.39, 0.29) is 30.9 Å². The van der Waals surface area contributed by atoms with Gasteiger partial charge in [0.15, 0.2) is 0 Å². The lowest BCUT2D eigenvalue weighted by Crippen LogP contribution is -2.44. The molecule has 0 aromatic heterocycles. The fourth-order valence-electron chi connectivity index (χ4n) is 3.82. The van der Waals surface area contributed by atoms with Crippen molar-refractivity contribution in [1.29, 1.82) is 0 Å². The van der Waals surface area contributed by atoms with E-state index in [2.05, 4.69) is 4.90 Å². The van der Waals surface area contributed by atoms with Gasteiger partial charge in [0.25, 0.3) is 0 Å². The minimum atomic E-state index is -0.343. The van der Waals surface area contributed by atoms with Crippen LogP contribution in [0.5, 0.6) is 0 Å². The Morgan fingerprint density at radius 2 is 2.04 bits per heavy atom. The summed E-state index contributed by atoms with van der Waals surface area (Å²) >= 11 is 12.2. The maximum atomic E-state index is 12.6. The van der Waals surface area contributed by atoms with Gasteiger partial charge in [-0.3, -0.25) is 4.90 Å². The van der Waals surface area contributed by atoms with Crippen LogP contribution in [0.3, 0.4) is 0 Å². The molecule has 2 bridgehead atoms. The van der Waals surface area contributed by atoms with Crippen molar-refractivity contribution in [3.8, 4) is 0 Å². The molecule has 1 aromatic rings. The van der Waals surface area contributed by atoms with Gasteiger partial charge in [0.2, 0.25) is 0 Å². The number of likely N-dealkylation sites (N-methyl/N-ethyl adjacent to an activating group) is 1.